The second-order valence-corrected chi connectivity index (χ2v) is 21.3. The van der Waals surface area contributed by atoms with Crippen molar-refractivity contribution in [2.24, 2.45) is 11.3 Å². The second-order valence-electron chi connectivity index (χ2n) is 19.2. The molecule has 1 aromatic heterocycles. The Bertz CT molecular complexity index is 2560. The Balaban J connectivity index is 1.05. The quantitative estimate of drug-likeness (QED) is 0.0990. The van der Waals surface area contributed by atoms with Gasteiger partial charge in [-0.15, -0.1) is 6.58 Å². The lowest BCUT2D eigenvalue weighted by Crippen LogP contribution is -2.57. The fourth-order valence-corrected chi connectivity index (χ4v) is 11.0. The Morgan fingerprint density at radius 2 is 1.65 bits per heavy atom. The third-order valence-electron chi connectivity index (χ3n) is 13.4. The van der Waals surface area contributed by atoms with Crippen molar-refractivity contribution in [1.82, 2.24) is 25.2 Å². The van der Waals surface area contributed by atoms with Gasteiger partial charge < -0.3 is 29.7 Å². The number of benzene rings is 3. The van der Waals surface area contributed by atoms with Crippen molar-refractivity contribution in [3.63, 3.8) is 0 Å². The number of carbonyl (C=O) groups excluding carboxylic acids is 4. The number of likely N-dealkylation sites (tertiary alicyclic amines) is 1. The Hall–Kier alpha value is -5.96. The lowest BCUT2D eigenvalue weighted by Gasteiger charge is -2.35. The van der Waals surface area contributed by atoms with Crippen molar-refractivity contribution in [3.8, 4) is 22.8 Å². The van der Waals surface area contributed by atoms with Gasteiger partial charge in [0.05, 0.1) is 29.6 Å². The molecule has 1 aliphatic heterocycles. The van der Waals surface area contributed by atoms with Crippen LogP contribution in [0.15, 0.2) is 97.6 Å². The number of amides is 4. The van der Waals surface area contributed by atoms with E-state index >= 15 is 0 Å². The van der Waals surface area contributed by atoms with Crippen LogP contribution in [0.3, 0.4) is 0 Å². The number of alkyl carbamates (subject to hydrolysis) is 1. The third kappa shape index (κ3) is 9.85. The molecule has 0 bridgehead atoms. The maximum atomic E-state index is 14.9. The predicted octanol–water partition coefficient (Wildman–Crippen LogP) is 7.01. The Morgan fingerprint density at radius 3 is 2.28 bits per heavy atom. The summed E-state index contributed by atoms with van der Waals surface area (Å²) in [7, 11) is -2.54. The van der Waals surface area contributed by atoms with Crippen LogP contribution in [0.5, 0.6) is 11.5 Å². The maximum Gasteiger partial charge on any atom is 0.408 e. The standard InChI is InChI=1S/C50H59N5O9S/c1-6-34-30-50(34,46(58)54-65(60,61)49(23-24-49)29-32-15-9-7-10-16-32)53-43(56)26-35-25-38(31-55(35)45(57)44(48(2,3)4)52-47(59)64-36-19-13-14-20-36)63-42-28-40(33-17-11-8-12-18-33)51-41-27-37(62-5)21-22-39(41)42/h6-12,15-18,21-22,27-28,34-36,38,44H,1,13-14,19-20,23-26,29-31H2,2-5H3,(H,52,59)(H,53,56)(H,54,58)/t34-,35?,38-,44-,50-/m1/s1. The summed E-state index contributed by atoms with van der Waals surface area (Å²) in [4.78, 5) is 63.0. The Labute approximate surface area is 380 Å². The lowest BCUT2D eigenvalue weighted by molar-refractivity contribution is -0.138. The second kappa shape index (κ2) is 18.1. The molecular formula is C50H59N5O9S. The van der Waals surface area contributed by atoms with Gasteiger partial charge in [-0.1, -0.05) is 87.5 Å². The molecule has 1 saturated heterocycles. The first-order valence-electron chi connectivity index (χ1n) is 22.6. The molecule has 0 spiro atoms. The highest BCUT2D eigenvalue weighted by Gasteiger charge is 2.63. The van der Waals surface area contributed by atoms with Crippen LogP contribution >= 0.6 is 0 Å². The van der Waals surface area contributed by atoms with Crippen LogP contribution in [0.4, 0.5) is 4.79 Å². The number of rotatable bonds is 16. The summed E-state index contributed by atoms with van der Waals surface area (Å²) < 4.78 is 46.9. The van der Waals surface area contributed by atoms with E-state index in [0.29, 0.717) is 35.6 Å². The highest BCUT2D eigenvalue weighted by molar-refractivity contribution is 7.91. The molecule has 0 radical (unpaired) electrons. The van der Waals surface area contributed by atoms with E-state index in [-0.39, 0.29) is 38.3 Å². The summed E-state index contributed by atoms with van der Waals surface area (Å²) in [5.41, 5.74) is 0.724. The molecular weight excluding hydrogens is 847 g/mol. The van der Waals surface area contributed by atoms with Gasteiger partial charge in [-0.3, -0.25) is 19.1 Å². The van der Waals surface area contributed by atoms with E-state index < -0.39 is 73.6 Å². The summed E-state index contributed by atoms with van der Waals surface area (Å²) in [5.74, 6) is -1.15. The van der Waals surface area contributed by atoms with Gasteiger partial charge in [0.2, 0.25) is 21.8 Å². The molecule has 4 aromatic rings. The maximum absolute atomic E-state index is 14.9. The minimum absolute atomic E-state index is 0.0754. The zero-order chi connectivity index (χ0) is 46.1. The molecule has 15 heteroatoms. The van der Waals surface area contributed by atoms with Gasteiger partial charge in [0, 0.05) is 47.9 Å². The minimum atomic E-state index is -4.13. The number of ether oxygens (including phenoxy) is 3. The van der Waals surface area contributed by atoms with Crippen LogP contribution in [-0.4, -0.2) is 90.3 Å². The van der Waals surface area contributed by atoms with Crippen molar-refractivity contribution in [2.75, 3.05) is 13.7 Å². The number of methoxy groups -OCH3 is 1. The largest absolute Gasteiger partial charge is 0.497 e. The average Bonchev–Trinajstić information content (AvgIpc) is 4.10. The molecule has 3 saturated carbocycles. The molecule has 1 unspecified atom stereocenters. The first kappa shape index (κ1) is 45.6. The first-order valence-corrected chi connectivity index (χ1v) is 24.0. The Morgan fingerprint density at radius 1 is 0.954 bits per heavy atom. The van der Waals surface area contributed by atoms with Gasteiger partial charge in [0.25, 0.3) is 5.91 Å². The van der Waals surface area contributed by atoms with E-state index in [1.807, 2.05) is 106 Å². The number of pyridine rings is 1. The van der Waals surface area contributed by atoms with Gasteiger partial charge in [-0.2, -0.15) is 0 Å². The lowest BCUT2D eigenvalue weighted by atomic mass is 9.85. The van der Waals surface area contributed by atoms with E-state index in [0.717, 1.165) is 42.2 Å². The number of hydrogen-bond acceptors (Lipinski definition) is 10. The van der Waals surface area contributed by atoms with Gasteiger partial charge in [-0.05, 0) is 74.5 Å². The van der Waals surface area contributed by atoms with Gasteiger partial charge >= 0.3 is 6.09 Å². The van der Waals surface area contributed by atoms with E-state index in [2.05, 4.69) is 21.9 Å². The smallest absolute Gasteiger partial charge is 0.408 e. The summed E-state index contributed by atoms with van der Waals surface area (Å²) in [6.07, 6.45) is 4.72. The predicted molar refractivity (Wildman–Crippen MR) is 246 cm³/mol. The van der Waals surface area contributed by atoms with Gasteiger partial charge in [0.15, 0.2) is 0 Å². The highest BCUT2D eigenvalue weighted by Crippen LogP contribution is 2.48. The fourth-order valence-electron chi connectivity index (χ4n) is 9.40. The van der Waals surface area contributed by atoms with Crippen LogP contribution in [0, 0.1) is 11.3 Å². The first-order chi connectivity index (χ1) is 31.0. The van der Waals surface area contributed by atoms with Crippen molar-refractivity contribution in [1.29, 1.82) is 0 Å². The zero-order valence-electron chi connectivity index (χ0n) is 37.5. The van der Waals surface area contributed by atoms with E-state index in [1.54, 1.807) is 18.1 Å². The molecule has 344 valence electrons. The van der Waals surface area contributed by atoms with E-state index in [9.17, 15) is 27.6 Å². The van der Waals surface area contributed by atoms with Crippen molar-refractivity contribution in [2.45, 2.75) is 120 Å². The number of nitrogens with zero attached hydrogens (tertiary/aromatic N) is 2. The average molecular weight is 906 g/mol. The summed E-state index contributed by atoms with van der Waals surface area (Å²) in [6, 6.07) is 24.6. The molecule has 65 heavy (non-hydrogen) atoms. The van der Waals surface area contributed by atoms with E-state index in [1.165, 1.54) is 0 Å². The van der Waals surface area contributed by atoms with Crippen molar-refractivity contribution >= 4 is 44.7 Å². The summed E-state index contributed by atoms with van der Waals surface area (Å²) in [5, 5.41) is 6.46. The monoisotopic (exact) mass is 905 g/mol. The molecule has 2 heterocycles. The Kier molecular flexibility index (Phi) is 12.7. The molecule has 4 amide bonds. The number of carbonyl (C=O) groups is 4. The molecule has 8 rings (SSSR count). The van der Waals surface area contributed by atoms with Crippen LogP contribution in [0.25, 0.3) is 22.2 Å². The molecule has 5 atom stereocenters. The van der Waals surface area contributed by atoms with Crippen LogP contribution in [-0.2, 0) is 35.6 Å². The van der Waals surface area contributed by atoms with Gasteiger partial charge in [-0.25, -0.2) is 18.2 Å². The van der Waals surface area contributed by atoms with E-state index in [4.69, 9.17) is 19.2 Å². The SMILES string of the molecule is C=C[C@@H]1C[C@]1(NC(=O)CC1C[C@@H](Oc2cc(-c3ccccc3)nc3cc(OC)ccc23)CN1C(=O)[C@@H](NC(=O)OC1CCCC1)C(C)(C)C)C(=O)NS(=O)(=O)C1(Cc2ccccc2)CC1. The molecule has 3 N–H and O–H groups in total. The molecule has 3 aliphatic carbocycles. The normalized spacial score (nSPS) is 23.0. The van der Waals surface area contributed by atoms with Crippen LogP contribution in [0.2, 0.25) is 0 Å². The third-order valence-corrected chi connectivity index (χ3v) is 15.6. The highest BCUT2D eigenvalue weighted by atomic mass is 32.2. The zero-order valence-corrected chi connectivity index (χ0v) is 38.3. The molecule has 4 fully saturated rings. The minimum Gasteiger partial charge on any atom is -0.497 e. The topological polar surface area (TPSA) is 182 Å². The molecule has 4 aliphatic rings. The van der Waals surface area contributed by atoms with Crippen LogP contribution in [0.1, 0.15) is 84.1 Å². The molecule has 3 aromatic carbocycles. The van der Waals surface area contributed by atoms with Crippen molar-refractivity contribution < 1.29 is 41.8 Å². The fraction of sp³-hybridized carbons (Fsp3) is 0.460. The summed E-state index contributed by atoms with van der Waals surface area (Å²) >= 11 is 0. The summed E-state index contributed by atoms with van der Waals surface area (Å²) in [6.45, 7) is 9.49. The number of nitrogens with one attached hydrogen (secondary N) is 3. The van der Waals surface area contributed by atoms with Gasteiger partial charge in [0.1, 0.15) is 35.3 Å². The number of sulfonamides is 1. The molecule has 14 nitrogen and oxygen atoms in total. The number of aromatic nitrogens is 1. The van der Waals surface area contributed by atoms with Crippen LogP contribution < -0.4 is 24.8 Å². The van der Waals surface area contributed by atoms with Crippen molar-refractivity contribution in [3.05, 3.63) is 103 Å². The number of fused-ring (bicyclic) bond motifs is 1. The number of hydrogen-bond donors (Lipinski definition) is 3.